The molecule has 0 atom stereocenters. The summed E-state index contributed by atoms with van der Waals surface area (Å²) < 4.78 is 16.0. The molecule has 0 aliphatic carbocycles. The first-order valence-corrected chi connectivity index (χ1v) is 12.8. The van der Waals surface area contributed by atoms with Gasteiger partial charge in [-0.25, -0.2) is 9.78 Å². The lowest BCUT2D eigenvalue weighted by Crippen LogP contribution is -2.28. The van der Waals surface area contributed by atoms with Crippen LogP contribution in [0, 0.1) is 0 Å². The number of methoxy groups -OCH3 is 2. The molecule has 0 aliphatic rings. The Bertz CT molecular complexity index is 1650. The summed E-state index contributed by atoms with van der Waals surface area (Å²) in [6, 6.07) is 32.6. The van der Waals surface area contributed by atoms with E-state index in [1.807, 2.05) is 72.8 Å². The first-order chi connectivity index (χ1) is 19.6. The normalized spacial score (nSPS) is 10.7. The predicted octanol–water partition coefficient (Wildman–Crippen LogP) is 6.06. The van der Waals surface area contributed by atoms with Gasteiger partial charge in [0.2, 0.25) is 0 Å². The summed E-state index contributed by atoms with van der Waals surface area (Å²) in [4.78, 5) is 30.4. The Morgan fingerprint density at radius 3 is 2.15 bits per heavy atom. The van der Waals surface area contributed by atoms with Crippen molar-refractivity contribution in [2.24, 2.45) is 0 Å². The van der Waals surface area contributed by atoms with Gasteiger partial charge in [-0.2, -0.15) is 0 Å². The Kier molecular flexibility index (Phi) is 8.02. The number of aromatic nitrogens is 1. The average molecular weight is 533 g/mol. The minimum Gasteiger partial charge on any atom is -0.493 e. The number of ether oxygens (including phenoxy) is 3. The molecule has 200 valence electrons. The van der Waals surface area contributed by atoms with E-state index in [0.717, 1.165) is 22.3 Å². The summed E-state index contributed by atoms with van der Waals surface area (Å²) in [5.41, 5.74) is 5.55. The van der Waals surface area contributed by atoms with Crippen LogP contribution in [0.2, 0.25) is 0 Å². The lowest BCUT2D eigenvalue weighted by atomic mass is 10.0. The first kappa shape index (κ1) is 26.4. The SMILES string of the molecule is COc1ccc(CNC(=O)COC(=O)c2cc(-c3ccc(-c4ccccc4)cc3)nc3ccccc23)cc1OC. The Hall–Kier alpha value is -5.17. The number of esters is 1. The van der Waals surface area contributed by atoms with Gasteiger partial charge in [0.05, 0.1) is 31.0 Å². The van der Waals surface area contributed by atoms with Crippen LogP contribution < -0.4 is 14.8 Å². The summed E-state index contributed by atoms with van der Waals surface area (Å²) >= 11 is 0. The lowest BCUT2D eigenvalue weighted by Gasteiger charge is -2.12. The van der Waals surface area contributed by atoms with E-state index in [1.165, 1.54) is 0 Å². The fraction of sp³-hybridized carbons (Fsp3) is 0.121. The second-order valence-electron chi connectivity index (χ2n) is 9.06. The quantitative estimate of drug-likeness (QED) is 0.232. The molecule has 1 N–H and O–H groups in total. The van der Waals surface area contributed by atoms with Crippen LogP contribution in [0.5, 0.6) is 11.5 Å². The number of benzene rings is 4. The van der Waals surface area contributed by atoms with Crippen molar-refractivity contribution in [2.45, 2.75) is 6.54 Å². The van der Waals surface area contributed by atoms with Gasteiger partial charge in [0, 0.05) is 17.5 Å². The van der Waals surface area contributed by atoms with Gasteiger partial charge >= 0.3 is 5.97 Å². The molecule has 7 heteroatoms. The molecule has 0 saturated carbocycles. The van der Waals surface area contributed by atoms with Crippen LogP contribution >= 0.6 is 0 Å². The van der Waals surface area contributed by atoms with Crippen molar-refractivity contribution in [1.82, 2.24) is 10.3 Å². The van der Waals surface area contributed by atoms with Crippen molar-refractivity contribution in [3.05, 3.63) is 114 Å². The molecule has 0 aliphatic heterocycles. The van der Waals surface area contributed by atoms with E-state index >= 15 is 0 Å². The van der Waals surface area contributed by atoms with Gasteiger partial charge < -0.3 is 19.5 Å². The molecule has 1 heterocycles. The van der Waals surface area contributed by atoms with Gasteiger partial charge in [0.15, 0.2) is 18.1 Å². The summed E-state index contributed by atoms with van der Waals surface area (Å²) in [6.45, 7) is -0.165. The lowest BCUT2D eigenvalue weighted by molar-refractivity contribution is -0.124. The van der Waals surface area contributed by atoms with Crippen LogP contribution in [0.25, 0.3) is 33.3 Å². The third-order valence-electron chi connectivity index (χ3n) is 6.50. The second-order valence-corrected chi connectivity index (χ2v) is 9.06. The zero-order valence-electron chi connectivity index (χ0n) is 22.2. The number of nitrogens with one attached hydrogen (secondary N) is 1. The fourth-order valence-corrected chi connectivity index (χ4v) is 4.41. The van der Waals surface area contributed by atoms with E-state index < -0.39 is 18.5 Å². The fourth-order valence-electron chi connectivity index (χ4n) is 4.41. The van der Waals surface area contributed by atoms with Crippen LogP contribution in [0.3, 0.4) is 0 Å². The van der Waals surface area contributed by atoms with Crippen molar-refractivity contribution in [1.29, 1.82) is 0 Å². The van der Waals surface area contributed by atoms with E-state index in [0.29, 0.717) is 33.7 Å². The van der Waals surface area contributed by atoms with Crippen LogP contribution in [0.1, 0.15) is 15.9 Å². The minimum atomic E-state index is -0.595. The molecule has 7 nitrogen and oxygen atoms in total. The number of para-hydroxylation sites is 1. The molecule has 0 bridgehead atoms. The van der Waals surface area contributed by atoms with Crippen molar-refractivity contribution in [3.8, 4) is 33.9 Å². The maximum Gasteiger partial charge on any atom is 0.339 e. The van der Waals surface area contributed by atoms with Crippen molar-refractivity contribution >= 4 is 22.8 Å². The average Bonchev–Trinajstić information content (AvgIpc) is 3.02. The molecule has 4 aromatic carbocycles. The van der Waals surface area contributed by atoms with Gasteiger partial charge in [0.1, 0.15) is 0 Å². The third kappa shape index (κ3) is 5.94. The van der Waals surface area contributed by atoms with E-state index in [2.05, 4.69) is 17.4 Å². The van der Waals surface area contributed by atoms with Crippen molar-refractivity contribution in [3.63, 3.8) is 0 Å². The highest BCUT2D eigenvalue weighted by Crippen LogP contribution is 2.29. The Balaban J connectivity index is 1.29. The molecular weight excluding hydrogens is 504 g/mol. The van der Waals surface area contributed by atoms with E-state index in [4.69, 9.17) is 19.2 Å². The number of hydrogen-bond donors (Lipinski definition) is 1. The van der Waals surface area contributed by atoms with Crippen LogP contribution in [0.15, 0.2) is 103 Å². The molecule has 1 amide bonds. The standard InChI is InChI=1S/C33H28N2O5/c1-38-30-17-12-22(18-31(30)39-2)20-34-32(36)21-40-33(37)27-19-29(35-28-11-7-6-10-26(27)28)25-15-13-24(14-16-25)23-8-4-3-5-9-23/h3-19H,20-21H2,1-2H3,(H,34,36). The summed E-state index contributed by atoms with van der Waals surface area (Å²) in [7, 11) is 3.11. The highest BCUT2D eigenvalue weighted by atomic mass is 16.5. The molecule has 0 saturated heterocycles. The molecule has 0 fully saturated rings. The molecule has 0 radical (unpaired) electrons. The molecule has 0 spiro atoms. The van der Waals surface area contributed by atoms with E-state index in [9.17, 15) is 9.59 Å². The van der Waals surface area contributed by atoms with Gasteiger partial charge in [-0.3, -0.25) is 4.79 Å². The van der Waals surface area contributed by atoms with Crippen molar-refractivity contribution in [2.75, 3.05) is 20.8 Å². The molecular formula is C33H28N2O5. The maximum atomic E-state index is 13.2. The maximum absolute atomic E-state index is 13.2. The number of nitrogens with zero attached hydrogens (tertiary/aromatic N) is 1. The molecule has 40 heavy (non-hydrogen) atoms. The van der Waals surface area contributed by atoms with Crippen LogP contribution in [-0.2, 0) is 16.1 Å². The highest BCUT2D eigenvalue weighted by Gasteiger charge is 2.17. The van der Waals surface area contributed by atoms with Crippen molar-refractivity contribution < 1.29 is 23.8 Å². The van der Waals surface area contributed by atoms with E-state index in [-0.39, 0.29) is 6.54 Å². The number of rotatable bonds is 9. The largest absolute Gasteiger partial charge is 0.493 e. The smallest absolute Gasteiger partial charge is 0.339 e. The molecule has 0 unspecified atom stereocenters. The Labute approximate surface area is 232 Å². The number of amides is 1. The van der Waals surface area contributed by atoms with Crippen LogP contribution in [0.4, 0.5) is 0 Å². The minimum absolute atomic E-state index is 0.248. The van der Waals surface area contributed by atoms with Gasteiger partial charge in [-0.1, -0.05) is 78.9 Å². The second kappa shape index (κ2) is 12.1. The van der Waals surface area contributed by atoms with Crippen LogP contribution in [-0.4, -0.2) is 37.7 Å². The first-order valence-electron chi connectivity index (χ1n) is 12.8. The van der Waals surface area contributed by atoms with Gasteiger partial charge in [-0.15, -0.1) is 0 Å². The van der Waals surface area contributed by atoms with E-state index in [1.54, 1.807) is 32.4 Å². The highest BCUT2D eigenvalue weighted by molar-refractivity contribution is 6.05. The number of hydrogen-bond acceptors (Lipinski definition) is 6. The summed E-state index contributed by atoms with van der Waals surface area (Å²) in [6.07, 6.45) is 0. The number of carbonyl (C=O) groups is 2. The number of fused-ring (bicyclic) bond motifs is 1. The predicted molar refractivity (Wildman–Crippen MR) is 154 cm³/mol. The monoisotopic (exact) mass is 532 g/mol. The Morgan fingerprint density at radius 2 is 1.40 bits per heavy atom. The molecule has 5 aromatic rings. The topological polar surface area (TPSA) is 86.8 Å². The summed E-state index contributed by atoms with van der Waals surface area (Å²) in [5.74, 6) is 0.151. The Morgan fingerprint density at radius 1 is 0.725 bits per heavy atom. The zero-order valence-corrected chi connectivity index (χ0v) is 22.2. The number of carbonyl (C=O) groups excluding carboxylic acids is 2. The number of pyridine rings is 1. The van der Waals surface area contributed by atoms with Gasteiger partial charge in [-0.05, 0) is 41.0 Å². The third-order valence-corrected chi connectivity index (χ3v) is 6.50. The summed E-state index contributed by atoms with van der Waals surface area (Å²) in [5, 5.41) is 3.42. The zero-order chi connectivity index (χ0) is 27.9. The molecule has 1 aromatic heterocycles. The van der Waals surface area contributed by atoms with Gasteiger partial charge in [0.25, 0.3) is 5.91 Å². The molecule has 5 rings (SSSR count).